The second kappa shape index (κ2) is 20.7. The molecule has 1 amide bonds. The first-order chi connectivity index (χ1) is 23.7. The molecule has 282 valence electrons. The van der Waals surface area contributed by atoms with Crippen LogP contribution in [0, 0.1) is 46.3 Å². The number of ether oxygens (including phenoxy) is 1. The van der Waals surface area contributed by atoms with E-state index in [1.807, 2.05) is 0 Å². The molecule has 4 unspecified atom stereocenters. The molecule has 0 aromatic rings. The summed E-state index contributed by atoms with van der Waals surface area (Å²) in [5.74, 6) is 5.21. The molecule has 4 aliphatic rings. The van der Waals surface area contributed by atoms with Crippen molar-refractivity contribution in [1.29, 1.82) is 0 Å². The summed E-state index contributed by atoms with van der Waals surface area (Å²) in [5, 5.41) is 3.08. The smallest absolute Gasteiger partial charge is 0.407 e. The standard InChI is InChI=1S/C46H81NO2/c1-7-8-9-10-11-12-13-14-15-16-17-18-19-20-21-22-34-47-44(48)49-39-30-32-45(5)38(35-39)26-27-40-42-29-28-41(37(4)25-23-24-36(2)3)46(42,6)33-31-43(40)45/h14-15,26,36-37,39-43H,7-13,16-25,27-35H2,1-6H3,(H,47,48)/t37-,39?,40?,41-,42?,43?,45+,46-/m1/s1. The molecule has 0 heterocycles. The lowest BCUT2D eigenvalue weighted by molar-refractivity contribution is -0.0581. The highest BCUT2D eigenvalue weighted by Crippen LogP contribution is 2.67. The third kappa shape index (κ3) is 11.6. The Bertz CT molecular complexity index is 1010. The Morgan fingerprint density at radius 3 is 2.18 bits per heavy atom. The summed E-state index contributed by atoms with van der Waals surface area (Å²) in [6, 6.07) is 0. The highest BCUT2D eigenvalue weighted by atomic mass is 16.6. The number of alkyl carbamates (subject to hydrolysis) is 1. The average Bonchev–Trinajstić information content (AvgIpc) is 3.43. The third-order valence-electron chi connectivity index (χ3n) is 14.5. The van der Waals surface area contributed by atoms with Gasteiger partial charge in [0.05, 0.1) is 0 Å². The molecule has 0 radical (unpaired) electrons. The van der Waals surface area contributed by atoms with Gasteiger partial charge in [0, 0.05) is 13.0 Å². The summed E-state index contributed by atoms with van der Waals surface area (Å²) in [5.41, 5.74) is 2.47. The quantitative estimate of drug-likeness (QED) is 0.0913. The molecule has 0 spiro atoms. The zero-order valence-corrected chi connectivity index (χ0v) is 33.5. The molecule has 0 aromatic heterocycles. The maximum absolute atomic E-state index is 12.7. The minimum absolute atomic E-state index is 0.0483. The largest absolute Gasteiger partial charge is 0.446 e. The van der Waals surface area contributed by atoms with Gasteiger partial charge < -0.3 is 10.1 Å². The number of carbonyl (C=O) groups is 1. The number of carbonyl (C=O) groups excluding carboxylic acids is 1. The van der Waals surface area contributed by atoms with Crippen molar-refractivity contribution in [3.8, 4) is 0 Å². The lowest BCUT2D eigenvalue weighted by Crippen LogP contribution is -2.51. The summed E-state index contributed by atoms with van der Waals surface area (Å²) in [4.78, 5) is 12.7. The molecule has 0 bridgehead atoms. The van der Waals surface area contributed by atoms with Gasteiger partial charge in [-0.3, -0.25) is 0 Å². The minimum Gasteiger partial charge on any atom is -0.446 e. The number of hydrogen-bond acceptors (Lipinski definition) is 2. The second-order valence-corrected chi connectivity index (χ2v) is 18.4. The van der Waals surface area contributed by atoms with Gasteiger partial charge in [-0.25, -0.2) is 4.79 Å². The lowest BCUT2D eigenvalue weighted by Gasteiger charge is -2.58. The molecule has 1 N–H and O–H groups in total. The molecular weight excluding hydrogens is 599 g/mol. The Kier molecular flexibility index (Phi) is 17.1. The maximum Gasteiger partial charge on any atom is 0.407 e. The van der Waals surface area contributed by atoms with E-state index in [4.69, 9.17) is 4.74 Å². The lowest BCUT2D eigenvalue weighted by atomic mass is 9.47. The Morgan fingerprint density at radius 2 is 1.49 bits per heavy atom. The van der Waals surface area contributed by atoms with Crippen molar-refractivity contribution >= 4 is 6.09 Å². The average molecular weight is 680 g/mol. The first kappa shape index (κ1) is 40.5. The van der Waals surface area contributed by atoms with Gasteiger partial charge in [0.1, 0.15) is 6.10 Å². The molecule has 8 atom stereocenters. The van der Waals surface area contributed by atoms with E-state index < -0.39 is 0 Å². The second-order valence-electron chi connectivity index (χ2n) is 18.4. The fourth-order valence-electron chi connectivity index (χ4n) is 11.5. The van der Waals surface area contributed by atoms with Crippen molar-refractivity contribution in [2.75, 3.05) is 6.54 Å². The predicted octanol–water partition coefficient (Wildman–Crippen LogP) is 14.2. The van der Waals surface area contributed by atoms with E-state index in [-0.39, 0.29) is 12.2 Å². The number of fused-ring (bicyclic) bond motifs is 5. The molecule has 3 fully saturated rings. The van der Waals surface area contributed by atoms with Crippen LogP contribution < -0.4 is 5.32 Å². The molecule has 4 rings (SSSR count). The first-order valence-electron chi connectivity index (χ1n) is 22.0. The predicted molar refractivity (Wildman–Crippen MR) is 211 cm³/mol. The normalized spacial score (nSPS) is 31.7. The van der Waals surface area contributed by atoms with Gasteiger partial charge in [0.25, 0.3) is 0 Å². The molecule has 3 nitrogen and oxygen atoms in total. The number of nitrogens with one attached hydrogen (secondary N) is 1. The number of unbranched alkanes of at least 4 members (excludes halogenated alkanes) is 12. The van der Waals surface area contributed by atoms with Gasteiger partial charge in [-0.15, -0.1) is 0 Å². The summed E-state index contributed by atoms with van der Waals surface area (Å²) < 4.78 is 6.03. The van der Waals surface area contributed by atoms with E-state index >= 15 is 0 Å². The van der Waals surface area contributed by atoms with Gasteiger partial charge in [0.15, 0.2) is 0 Å². The Labute approximate surface area is 305 Å². The van der Waals surface area contributed by atoms with Gasteiger partial charge >= 0.3 is 6.09 Å². The van der Waals surface area contributed by atoms with Crippen LogP contribution in [0.2, 0.25) is 0 Å². The number of amides is 1. The molecule has 4 aliphatic carbocycles. The van der Waals surface area contributed by atoms with Gasteiger partial charge in [-0.05, 0) is 123 Å². The highest BCUT2D eigenvalue weighted by molar-refractivity contribution is 5.67. The van der Waals surface area contributed by atoms with Crippen LogP contribution in [0.1, 0.15) is 202 Å². The van der Waals surface area contributed by atoms with E-state index in [0.29, 0.717) is 10.8 Å². The van der Waals surface area contributed by atoms with E-state index in [1.165, 1.54) is 141 Å². The molecule has 3 saturated carbocycles. The molecule has 0 saturated heterocycles. The van der Waals surface area contributed by atoms with Crippen molar-refractivity contribution in [3.05, 3.63) is 23.8 Å². The zero-order chi connectivity index (χ0) is 35.1. The van der Waals surface area contributed by atoms with Crippen LogP contribution in [0.3, 0.4) is 0 Å². The number of hydrogen-bond donors (Lipinski definition) is 1. The highest BCUT2D eigenvalue weighted by Gasteiger charge is 2.59. The maximum atomic E-state index is 12.7. The van der Waals surface area contributed by atoms with Crippen LogP contribution in [-0.4, -0.2) is 18.7 Å². The SMILES string of the molecule is CCCCCCCCC=CCCCCCCCCNC(=O)OC1CC[C@@]2(C)C(=CCC3C2CC[C@@]2(C)C3CC[C@@H]2[C@H](C)CCCC(C)C)C1. The van der Waals surface area contributed by atoms with Crippen LogP contribution in [0.25, 0.3) is 0 Å². The van der Waals surface area contributed by atoms with Crippen LogP contribution in [0.15, 0.2) is 23.8 Å². The molecule has 49 heavy (non-hydrogen) atoms. The van der Waals surface area contributed by atoms with Crippen molar-refractivity contribution in [3.63, 3.8) is 0 Å². The number of rotatable bonds is 22. The van der Waals surface area contributed by atoms with Gasteiger partial charge in [-0.1, -0.05) is 142 Å². The fraction of sp³-hybridized carbons (Fsp3) is 0.891. The Balaban J connectivity index is 1.08. The fourth-order valence-corrected chi connectivity index (χ4v) is 11.5. The Hall–Kier alpha value is -1.25. The monoisotopic (exact) mass is 680 g/mol. The van der Waals surface area contributed by atoms with Crippen molar-refractivity contribution < 1.29 is 9.53 Å². The van der Waals surface area contributed by atoms with Crippen molar-refractivity contribution in [2.45, 2.75) is 208 Å². The Morgan fingerprint density at radius 1 is 0.816 bits per heavy atom. The van der Waals surface area contributed by atoms with Crippen LogP contribution in [0.4, 0.5) is 4.79 Å². The number of allylic oxidation sites excluding steroid dienone is 3. The molecule has 3 heteroatoms. The van der Waals surface area contributed by atoms with Crippen LogP contribution >= 0.6 is 0 Å². The van der Waals surface area contributed by atoms with E-state index in [9.17, 15) is 4.79 Å². The molecule has 0 aromatic carbocycles. The summed E-state index contributed by atoms with van der Waals surface area (Å²) >= 11 is 0. The zero-order valence-electron chi connectivity index (χ0n) is 33.5. The molecular formula is C46H81NO2. The third-order valence-corrected chi connectivity index (χ3v) is 14.5. The first-order valence-corrected chi connectivity index (χ1v) is 22.0. The molecule has 0 aliphatic heterocycles. The van der Waals surface area contributed by atoms with Crippen molar-refractivity contribution in [2.24, 2.45) is 46.3 Å². The van der Waals surface area contributed by atoms with Gasteiger partial charge in [-0.2, -0.15) is 0 Å². The van der Waals surface area contributed by atoms with E-state index in [2.05, 4.69) is 65.1 Å². The summed E-state index contributed by atoms with van der Waals surface area (Å²) in [6.07, 6.45) is 40.0. The van der Waals surface area contributed by atoms with E-state index in [1.54, 1.807) is 5.57 Å². The summed E-state index contributed by atoms with van der Waals surface area (Å²) in [6.45, 7) is 15.7. The van der Waals surface area contributed by atoms with Crippen LogP contribution in [-0.2, 0) is 4.74 Å². The summed E-state index contributed by atoms with van der Waals surface area (Å²) in [7, 11) is 0. The van der Waals surface area contributed by atoms with E-state index in [0.717, 1.165) is 61.3 Å². The topological polar surface area (TPSA) is 38.3 Å². The minimum atomic E-state index is -0.191. The van der Waals surface area contributed by atoms with Gasteiger partial charge in [0.2, 0.25) is 0 Å². The van der Waals surface area contributed by atoms with Crippen molar-refractivity contribution in [1.82, 2.24) is 5.32 Å². The van der Waals surface area contributed by atoms with Crippen LogP contribution in [0.5, 0.6) is 0 Å².